The van der Waals surface area contributed by atoms with Gasteiger partial charge in [0.15, 0.2) is 5.75 Å². The number of ether oxygens (including phenoxy) is 1. The largest absolute Gasteiger partial charge is 0.490 e. The van der Waals surface area contributed by atoms with E-state index in [2.05, 4.69) is 6.58 Å². The Morgan fingerprint density at radius 1 is 1.20 bits per heavy atom. The van der Waals surface area contributed by atoms with Gasteiger partial charge in [-0.3, -0.25) is 0 Å². The van der Waals surface area contributed by atoms with Crippen LogP contribution < -0.4 is 9.88 Å². The van der Waals surface area contributed by atoms with E-state index in [1.807, 2.05) is 6.08 Å². The van der Waals surface area contributed by atoms with E-state index in [4.69, 9.17) is 33.1 Å². The van der Waals surface area contributed by atoms with Crippen LogP contribution in [0.25, 0.3) is 0 Å². The maximum Gasteiger partial charge on any atom is 0.238 e. The van der Waals surface area contributed by atoms with E-state index in [1.165, 1.54) is 12.1 Å². The Balaban J connectivity index is 2.65. The molecular weight excluding hydrogens is 321 g/mol. The molecule has 1 aromatic carbocycles. The van der Waals surface area contributed by atoms with Crippen molar-refractivity contribution in [2.45, 2.75) is 30.6 Å². The Labute approximate surface area is 129 Å². The van der Waals surface area contributed by atoms with Crippen molar-refractivity contribution in [3.63, 3.8) is 0 Å². The SMILES string of the molecule is C=CCCCCCOc1c(Cl)cc(S(N)(=O)=O)cc1Cl. The quantitative estimate of drug-likeness (QED) is 0.579. The van der Waals surface area contributed by atoms with Gasteiger partial charge in [0.2, 0.25) is 10.0 Å². The third-order valence-electron chi connectivity index (χ3n) is 2.60. The molecule has 0 heterocycles. The molecule has 0 aromatic heterocycles. The summed E-state index contributed by atoms with van der Waals surface area (Å²) in [7, 11) is -3.83. The second kappa shape index (κ2) is 7.88. The zero-order valence-electron chi connectivity index (χ0n) is 10.9. The number of allylic oxidation sites excluding steroid dienone is 1. The van der Waals surface area contributed by atoms with E-state index < -0.39 is 10.0 Å². The maximum atomic E-state index is 11.2. The van der Waals surface area contributed by atoms with Gasteiger partial charge in [0, 0.05) is 0 Å². The average molecular weight is 338 g/mol. The molecule has 0 aliphatic heterocycles. The highest BCUT2D eigenvalue weighted by atomic mass is 35.5. The Kier molecular flexibility index (Phi) is 6.82. The van der Waals surface area contributed by atoms with Crippen LogP contribution in [0.1, 0.15) is 25.7 Å². The molecule has 1 aromatic rings. The predicted octanol–water partition coefficient (Wildman–Crippen LogP) is 3.77. The van der Waals surface area contributed by atoms with Gasteiger partial charge in [-0.2, -0.15) is 0 Å². The average Bonchev–Trinajstić information content (AvgIpc) is 2.34. The summed E-state index contributed by atoms with van der Waals surface area (Å²) in [5.41, 5.74) is 0. The number of unbranched alkanes of at least 4 members (excludes halogenated alkanes) is 3. The highest BCUT2D eigenvalue weighted by Gasteiger charge is 2.15. The second-order valence-electron chi connectivity index (χ2n) is 4.25. The van der Waals surface area contributed by atoms with Crippen LogP contribution in [0.5, 0.6) is 5.75 Å². The number of halogens is 2. The lowest BCUT2D eigenvalue weighted by atomic mass is 10.2. The molecule has 0 aliphatic carbocycles. The van der Waals surface area contributed by atoms with Crippen LogP contribution in [-0.2, 0) is 10.0 Å². The number of rotatable bonds is 8. The van der Waals surface area contributed by atoms with Crippen molar-refractivity contribution < 1.29 is 13.2 Å². The van der Waals surface area contributed by atoms with Crippen molar-refractivity contribution in [3.05, 3.63) is 34.8 Å². The molecule has 112 valence electrons. The molecule has 20 heavy (non-hydrogen) atoms. The number of hydrogen-bond donors (Lipinski definition) is 1. The van der Waals surface area contributed by atoms with Crippen LogP contribution in [-0.4, -0.2) is 15.0 Å². The molecule has 0 radical (unpaired) electrons. The Morgan fingerprint density at radius 3 is 2.30 bits per heavy atom. The molecule has 2 N–H and O–H groups in total. The zero-order chi connectivity index (χ0) is 15.2. The van der Waals surface area contributed by atoms with Crippen LogP contribution >= 0.6 is 23.2 Å². The predicted molar refractivity (Wildman–Crippen MR) is 82.0 cm³/mol. The molecule has 0 unspecified atom stereocenters. The lowest BCUT2D eigenvalue weighted by molar-refractivity contribution is 0.305. The molecule has 0 saturated heterocycles. The number of sulfonamides is 1. The van der Waals surface area contributed by atoms with Crippen LogP contribution in [0, 0.1) is 0 Å². The van der Waals surface area contributed by atoms with Crippen molar-refractivity contribution in [3.8, 4) is 5.75 Å². The van der Waals surface area contributed by atoms with Gasteiger partial charge in [0.1, 0.15) is 0 Å². The molecule has 0 spiro atoms. The highest BCUT2D eigenvalue weighted by Crippen LogP contribution is 2.35. The number of hydrogen-bond acceptors (Lipinski definition) is 3. The maximum absolute atomic E-state index is 11.2. The lowest BCUT2D eigenvalue weighted by Gasteiger charge is -2.11. The van der Waals surface area contributed by atoms with E-state index in [1.54, 1.807) is 0 Å². The van der Waals surface area contributed by atoms with E-state index >= 15 is 0 Å². The molecule has 0 amide bonds. The summed E-state index contributed by atoms with van der Waals surface area (Å²) in [6.45, 7) is 4.12. The van der Waals surface area contributed by atoms with Crippen molar-refractivity contribution in [1.29, 1.82) is 0 Å². The normalized spacial score (nSPS) is 11.3. The van der Waals surface area contributed by atoms with Crippen LogP contribution in [0.2, 0.25) is 10.0 Å². The van der Waals surface area contributed by atoms with Gasteiger partial charge in [-0.1, -0.05) is 29.3 Å². The van der Waals surface area contributed by atoms with Gasteiger partial charge in [0.05, 0.1) is 21.5 Å². The summed E-state index contributed by atoms with van der Waals surface area (Å²) in [5.74, 6) is 0.282. The van der Waals surface area contributed by atoms with Gasteiger partial charge in [-0.15, -0.1) is 6.58 Å². The molecule has 4 nitrogen and oxygen atoms in total. The third-order valence-corrected chi connectivity index (χ3v) is 4.05. The van der Waals surface area contributed by atoms with Crippen LogP contribution in [0.3, 0.4) is 0 Å². The molecule has 7 heteroatoms. The topological polar surface area (TPSA) is 69.4 Å². The lowest BCUT2D eigenvalue weighted by Crippen LogP contribution is -2.12. The van der Waals surface area contributed by atoms with E-state index in [9.17, 15) is 8.42 Å². The Morgan fingerprint density at radius 2 is 1.80 bits per heavy atom. The minimum atomic E-state index is -3.83. The van der Waals surface area contributed by atoms with Crippen LogP contribution in [0.15, 0.2) is 29.7 Å². The number of nitrogens with two attached hydrogens (primary N) is 1. The standard InChI is InChI=1S/C13H17Cl2NO3S/c1-2-3-4-5-6-7-19-13-11(14)8-10(9-12(13)15)20(16,17)18/h2,8-9H,1,3-7H2,(H2,16,17,18). The molecule has 0 atom stereocenters. The first-order valence-corrected chi connectivity index (χ1v) is 8.42. The minimum absolute atomic E-state index is 0.132. The van der Waals surface area contributed by atoms with Crippen molar-refractivity contribution in [1.82, 2.24) is 0 Å². The summed E-state index contributed by atoms with van der Waals surface area (Å²) in [6.07, 6.45) is 5.78. The highest BCUT2D eigenvalue weighted by molar-refractivity contribution is 7.89. The Hall–Kier alpha value is -0.750. The number of benzene rings is 1. The monoisotopic (exact) mass is 337 g/mol. The summed E-state index contributed by atoms with van der Waals surface area (Å²) in [5, 5.41) is 5.28. The fraction of sp³-hybridized carbons (Fsp3) is 0.385. The van der Waals surface area contributed by atoms with Gasteiger partial charge in [-0.05, 0) is 37.8 Å². The van der Waals surface area contributed by atoms with Gasteiger partial charge < -0.3 is 4.74 Å². The second-order valence-corrected chi connectivity index (χ2v) is 6.62. The van der Waals surface area contributed by atoms with Crippen molar-refractivity contribution in [2.75, 3.05) is 6.61 Å². The molecule has 0 bridgehead atoms. The molecule has 0 aliphatic rings. The fourth-order valence-corrected chi connectivity index (χ4v) is 2.87. The molecular formula is C13H17Cl2NO3S. The zero-order valence-corrected chi connectivity index (χ0v) is 13.3. The van der Waals surface area contributed by atoms with Crippen LogP contribution in [0.4, 0.5) is 0 Å². The number of primary sulfonamides is 1. The molecule has 0 saturated carbocycles. The first-order valence-electron chi connectivity index (χ1n) is 6.12. The van der Waals surface area contributed by atoms with E-state index in [0.29, 0.717) is 6.61 Å². The van der Waals surface area contributed by atoms with Gasteiger partial charge in [-0.25, -0.2) is 13.6 Å². The Bertz CT molecular complexity index is 550. The van der Waals surface area contributed by atoms with Gasteiger partial charge in [0.25, 0.3) is 0 Å². The molecule has 1 rings (SSSR count). The molecule has 0 fully saturated rings. The smallest absolute Gasteiger partial charge is 0.238 e. The summed E-state index contributed by atoms with van der Waals surface area (Å²) in [4.78, 5) is -0.133. The van der Waals surface area contributed by atoms with Gasteiger partial charge >= 0.3 is 0 Å². The summed E-state index contributed by atoms with van der Waals surface area (Å²) >= 11 is 11.9. The minimum Gasteiger partial charge on any atom is -0.490 e. The first-order chi connectivity index (χ1) is 9.36. The fourth-order valence-electron chi connectivity index (χ4n) is 1.58. The first kappa shape index (κ1) is 17.3. The third kappa shape index (κ3) is 5.32. The van der Waals surface area contributed by atoms with Crippen molar-refractivity contribution >= 4 is 33.2 Å². The summed E-state index contributed by atoms with van der Waals surface area (Å²) in [6, 6.07) is 2.46. The van der Waals surface area contributed by atoms with E-state index in [0.717, 1.165) is 25.7 Å². The summed E-state index contributed by atoms with van der Waals surface area (Å²) < 4.78 is 27.9. The van der Waals surface area contributed by atoms with Crippen molar-refractivity contribution in [2.24, 2.45) is 5.14 Å². The van der Waals surface area contributed by atoms with E-state index in [-0.39, 0.29) is 20.7 Å².